The zero-order chi connectivity index (χ0) is 16.9. The predicted molar refractivity (Wildman–Crippen MR) is 94.1 cm³/mol. The standard InChI is InChI=1S/C18H20N6O/c1-2-5-15(6-3-1)18-20-17(25-22-18)8-10-23-11-13-24(14-12-23)16-7-4-9-19-21-16/h1-7,9H,8,10-14H2. The quantitative estimate of drug-likeness (QED) is 0.704. The summed E-state index contributed by atoms with van der Waals surface area (Å²) in [5.74, 6) is 2.30. The fraction of sp³-hybridized carbons (Fsp3) is 0.333. The largest absolute Gasteiger partial charge is 0.353 e. The summed E-state index contributed by atoms with van der Waals surface area (Å²) in [7, 11) is 0. The lowest BCUT2D eigenvalue weighted by atomic mass is 10.2. The van der Waals surface area contributed by atoms with Gasteiger partial charge in [0.15, 0.2) is 5.82 Å². The van der Waals surface area contributed by atoms with Gasteiger partial charge in [-0.3, -0.25) is 4.90 Å². The first-order valence-electron chi connectivity index (χ1n) is 8.51. The minimum Gasteiger partial charge on any atom is -0.353 e. The highest BCUT2D eigenvalue weighted by molar-refractivity contribution is 5.53. The molecule has 7 nitrogen and oxygen atoms in total. The topological polar surface area (TPSA) is 71.2 Å². The summed E-state index contributed by atoms with van der Waals surface area (Å²) in [5.41, 5.74) is 0.982. The molecule has 7 heteroatoms. The van der Waals surface area contributed by atoms with Gasteiger partial charge in [0.05, 0.1) is 0 Å². The van der Waals surface area contributed by atoms with Crippen molar-refractivity contribution in [2.45, 2.75) is 6.42 Å². The van der Waals surface area contributed by atoms with Gasteiger partial charge in [0.2, 0.25) is 11.7 Å². The van der Waals surface area contributed by atoms with E-state index in [2.05, 4.69) is 30.1 Å². The second kappa shape index (κ2) is 7.40. The Kier molecular flexibility index (Phi) is 4.65. The number of benzene rings is 1. The van der Waals surface area contributed by atoms with Crippen LogP contribution in [0.5, 0.6) is 0 Å². The van der Waals surface area contributed by atoms with E-state index in [4.69, 9.17) is 4.52 Å². The maximum absolute atomic E-state index is 5.38. The highest BCUT2D eigenvalue weighted by Gasteiger charge is 2.18. The molecule has 0 saturated carbocycles. The molecule has 0 radical (unpaired) electrons. The summed E-state index contributed by atoms with van der Waals surface area (Å²) < 4.78 is 5.38. The van der Waals surface area contributed by atoms with Crippen LogP contribution in [0.15, 0.2) is 53.2 Å². The fourth-order valence-corrected chi connectivity index (χ4v) is 2.98. The van der Waals surface area contributed by atoms with Crippen LogP contribution in [0.25, 0.3) is 11.4 Å². The molecule has 1 fully saturated rings. The van der Waals surface area contributed by atoms with Crippen LogP contribution >= 0.6 is 0 Å². The van der Waals surface area contributed by atoms with Crippen molar-refractivity contribution < 1.29 is 4.52 Å². The number of rotatable bonds is 5. The molecule has 0 atom stereocenters. The van der Waals surface area contributed by atoms with Crippen LogP contribution in [0.2, 0.25) is 0 Å². The molecule has 3 aromatic rings. The molecule has 1 aliphatic heterocycles. The van der Waals surface area contributed by atoms with Gasteiger partial charge in [-0.25, -0.2) is 0 Å². The minimum absolute atomic E-state index is 0.656. The summed E-state index contributed by atoms with van der Waals surface area (Å²) in [5, 5.41) is 12.2. The van der Waals surface area contributed by atoms with Crippen molar-refractivity contribution in [3.63, 3.8) is 0 Å². The second-order valence-corrected chi connectivity index (χ2v) is 6.04. The monoisotopic (exact) mass is 336 g/mol. The molecule has 0 spiro atoms. The SMILES string of the molecule is c1ccc(-c2noc(CCN3CCN(c4cccnn4)CC3)n2)cc1. The van der Waals surface area contributed by atoms with Gasteiger partial charge in [-0.15, -0.1) is 5.10 Å². The van der Waals surface area contributed by atoms with E-state index in [1.807, 2.05) is 42.5 Å². The normalized spacial score (nSPS) is 15.4. The number of hydrogen-bond acceptors (Lipinski definition) is 7. The molecule has 0 unspecified atom stereocenters. The maximum atomic E-state index is 5.38. The van der Waals surface area contributed by atoms with Crippen molar-refractivity contribution in [3.05, 3.63) is 54.6 Å². The van der Waals surface area contributed by atoms with Crippen LogP contribution in [0, 0.1) is 0 Å². The van der Waals surface area contributed by atoms with Gasteiger partial charge >= 0.3 is 0 Å². The van der Waals surface area contributed by atoms with Gasteiger partial charge in [0.25, 0.3) is 0 Å². The summed E-state index contributed by atoms with van der Waals surface area (Å²) in [6.07, 6.45) is 2.47. The van der Waals surface area contributed by atoms with Crippen molar-refractivity contribution in [2.75, 3.05) is 37.6 Å². The van der Waals surface area contributed by atoms with Crippen LogP contribution < -0.4 is 4.90 Å². The minimum atomic E-state index is 0.656. The Morgan fingerprint density at radius 1 is 0.960 bits per heavy atom. The first kappa shape index (κ1) is 15.7. The van der Waals surface area contributed by atoms with Gasteiger partial charge < -0.3 is 9.42 Å². The predicted octanol–water partition coefficient (Wildman–Crippen LogP) is 1.89. The molecule has 25 heavy (non-hydrogen) atoms. The van der Waals surface area contributed by atoms with Crippen molar-refractivity contribution in [3.8, 4) is 11.4 Å². The lowest BCUT2D eigenvalue weighted by Gasteiger charge is -2.34. The van der Waals surface area contributed by atoms with Crippen LogP contribution in [-0.4, -0.2) is 58.0 Å². The highest BCUT2D eigenvalue weighted by atomic mass is 16.5. The Morgan fingerprint density at radius 2 is 1.80 bits per heavy atom. The van der Waals surface area contributed by atoms with E-state index in [0.29, 0.717) is 11.7 Å². The molecule has 0 bridgehead atoms. The summed E-state index contributed by atoms with van der Waals surface area (Å²) in [4.78, 5) is 9.18. The van der Waals surface area contributed by atoms with E-state index in [9.17, 15) is 0 Å². The third-order valence-electron chi connectivity index (χ3n) is 4.40. The summed E-state index contributed by atoms with van der Waals surface area (Å²) >= 11 is 0. The molecule has 1 saturated heterocycles. The van der Waals surface area contributed by atoms with Crippen LogP contribution in [0.4, 0.5) is 5.82 Å². The van der Waals surface area contributed by atoms with Crippen molar-refractivity contribution >= 4 is 5.82 Å². The van der Waals surface area contributed by atoms with E-state index >= 15 is 0 Å². The van der Waals surface area contributed by atoms with Gasteiger partial charge in [-0.1, -0.05) is 35.5 Å². The molecule has 4 rings (SSSR count). The van der Waals surface area contributed by atoms with Crippen LogP contribution in [-0.2, 0) is 6.42 Å². The molecule has 0 amide bonds. The molecule has 3 heterocycles. The molecular formula is C18H20N6O. The number of piperazine rings is 1. The van der Waals surface area contributed by atoms with Gasteiger partial charge in [-0.2, -0.15) is 10.1 Å². The number of hydrogen-bond donors (Lipinski definition) is 0. The summed E-state index contributed by atoms with van der Waals surface area (Å²) in [6, 6.07) is 13.8. The zero-order valence-corrected chi connectivity index (χ0v) is 14.0. The number of aromatic nitrogens is 4. The lowest BCUT2D eigenvalue weighted by Crippen LogP contribution is -2.47. The van der Waals surface area contributed by atoms with E-state index < -0.39 is 0 Å². The zero-order valence-electron chi connectivity index (χ0n) is 14.0. The number of nitrogens with zero attached hydrogens (tertiary/aromatic N) is 6. The van der Waals surface area contributed by atoms with Crippen LogP contribution in [0.1, 0.15) is 5.89 Å². The Morgan fingerprint density at radius 3 is 2.56 bits per heavy atom. The first-order valence-corrected chi connectivity index (χ1v) is 8.51. The Hall–Kier alpha value is -2.80. The van der Waals surface area contributed by atoms with Gasteiger partial charge in [0, 0.05) is 50.9 Å². The Bertz CT molecular complexity index is 784. The average molecular weight is 336 g/mol. The molecule has 1 aromatic carbocycles. The molecule has 2 aromatic heterocycles. The van der Waals surface area contributed by atoms with Gasteiger partial charge in [-0.05, 0) is 12.1 Å². The third kappa shape index (κ3) is 3.83. The molecular weight excluding hydrogens is 316 g/mol. The van der Waals surface area contributed by atoms with Crippen LogP contribution in [0.3, 0.4) is 0 Å². The lowest BCUT2D eigenvalue weighted by molar-refractivity contribution is 0.248. The van der Waals surface area contributed by atoms with Crippen molar-refractivity contribution in [2.24, 2.45) is 0 Å². The van der Waals surface area contributed by atoms with Crippen molar-refractivity contribution in [1.29, 1.82) is 0 Å². The smallest absolute Gasteiger partial charge is 0.228 e. The summed E-state index contributed by atoms with van der Waals surface area (Å²) in [6.45, 7) is 4.83. The van der Waals surface area contributed by atoms with E-state index in [1.54, 1.807) is 6.20 Å². The second-order valence-electron chi connectivity index (χ2n) is 6.04. The third-order valence-corrected chi connectivity index (χ3v) is 4.40. The Balaban J connectivity index is 1.28. The Labute approximate surface area is 146 Å². The van der Waals surface area contributed by atoms with E-state index in [1.165, 1.54) is 0 Å². The molecule has 0 N–H and O–H groups in total. The molecule has 128 valence electrons. The van der Waals surface area contributed by atoms with E-state index in [0.717, 1.165) is 50.5 Å². The highest BCUT2D eigenvalue weighted by Crippen LogP contribution is 2.16. The fourth-order valence-electron chi connectivity index (χ4n) is 2.98. The molecule has 0 aliphatic carbocycles. The van der Waals surface area contributed by atoms with Gasteiger partial charge in [0.1, 0.15) is 0 Å². The number of anilines is 1. The maximum Gasteiger partial charge on any atom is 0.228 e. The first-order chi connectivity index (χ1) is 12.4. The molecule has 1 aliphatic rings. The van der Waals surface area contributed by atoms with E-state index in [-0.39, 0.29) is 0 Å². The average Bonchev–Trinajstić information content (AvgIpc) is 3.17. The van der Waals surface area contributed by atoms with Crippen molar-refractivity contribution in [1.82, 2.24) is 25.2 Å².